The maximum atomic E-state index is 11.2. The zero-order valence-electron chi connectivity index (χ0n) is 11.7. The first-order valence-electron chi connectivity index (χ1n) is 6.57. The van der Waals surface area contributed by atoms with Gasteiger partial charge in [0.05, 0.1) is 7.11 Å². The average Bonchev–Trinajstić information content (AvgIpc) is 2.91. The Morgan fingerprint density at radius 2 is 2.10 bits per heavy atom. The van der Waals surface area contributed by atoms with Crippen LogP contribution in [0.25, 0.3) is 0 Å². The molecule has 110 valence electrons. The third-order valence-corrected chi connectivity index (χ3v) is 2.87. The van der Waals surface area contributed by atoms with Gasteiger partial charge in [-0.25, -0.2) is 4.79 Å². The number of carbonyl (C=O) groups is 1. The molecule has 20 heavy (non-hydrogen) atoms. The van der Waals surface area contributed by atoms with Gasteiger partial charge in [-0.05, 0) is 19.0 Å². The van der Waals surface area contributed by atoms with Crippen LogP contribution in [-0.4, -0.2) is 33.0 Å². The summed E-state index contributed by atoms with van der Waals surface area (Å²) in [7, 11) is 1.33. The van der Waals surface area contributed by atoms with Gasteiger partial charge < -0.3 is 24.3 Å². The summed E-state index contributed by atoms with van der Waals surface area (Å²) in [6.45, 7) is 3.72. The maximum Gasteiger partial charge on any atom is 0.343 e. The summed E-state index contributed by atoms with van der Waals surface area (Å²) >= 11 is 0. The lowest BCUT2D eigenvalue weighted by Crippen LogP contribution is -2.17. The van der Waals surface area contributed by atoms with Crippen molar-refractivity contribution in [2.75, 3.05) is 27.1 Å². The number of methoxy groups -OCH3 is 1. The molecule has 0 amide bonds. The van der Waals surface area contributed by atoms with Gasteiger partial charge in [-0.15, -0.1) is 0 Å². The fourth-order valence-corrected chi connectivity index (χ4v) is 1.83. The number of hydrogen-bond donors (Lipinski definition) is 1. The van der Waals surface area contributed by atoms with Crippen molar-refractivity contribution in [1.29, 1.82) is 0 Å². The molecule has 0 aliphatic carbocycles. The zero-order valence-corrected chi connectivity index (χ0v) is 11.7. The summed E-state index contributed by atoms with van der Waals surface area (Å²) in [6.07, 6.45) is 1.04. The third kappa shape index (κ3) is 3.54. The predicted octanol–water partition coefficient (Wildman–Crippen LogP) is 1.47. The Morgan fingerprint density at radius 1 is 1.35 bits per heavy atom. The van der Waals surface area contributed by atoms with Crippen molar-refractivity contribution in [3.63, 3.8) is 0 Å². The number of fused-ring (bicyclic) bond motifs is 1. The van der Waals surface area contributed by atoms with Crippen molar-refractivity contribution in [2.45, 2.75) is 19.9 Å². The highest BCUT2D eigenvalue weighted by Gasteiger charge is 2.18. The molecule has 0 radical (unpaired) electrons. The molecule has 6 nitrogen and oxygen atoms in total. The molecule has 6 heteroatoms. The summed E-state index contributed by atoms with van der Waals surface area (Å²) < 4.78 is 20.7. The number of benzene rings is 1. The quantitative estimate of drug-likeness (QED) is 0.603. The minimum Gasteiger partial charge on any atom is -0.481 e. The molecule has 1 aromatic carbocycles. The van der Waals surface area contributed by atoms with Crippen molar-refractivity contribution < 1.29 is 23.7 Å². The maximum absolute atomic E-state index is 11.2. The van der Waals surface area contributed by atoms with E-state index in [0.717, 1.165) is 18.5 Å². The number of esters is 1. The molecule has 2 rings (SSSR count). The van der Waals surface area contributed by atoms with E-state index in [-0.39, 0.29) is 13.4 Å². The topological polar surface area (TPSA) is 66.0 Å². The summed E-state index contributed by atoms with van der Waals surface area (Å²) in [5.74, 6) is 1.51. The average molecular weight is 281 g/mol. The van der Waals surface area contributed by atoms with Gasteiger partial charge in [-0.2, -0.15) is 0 Å². The van der Waals surface area contributed by atoms with E-state index >= 15 is 0 Å². The molecule has 0 aromatic heterocycles. The van der Waals surface area contributed by atoms with Crippen molar-refractivity contribution in [1.82, 2.24) is 5.32 Å². The molecular formula is C14H19NO5. The molecule has 1 N–H and O–H groups in total. The molecule has 0 saturated carbocycles. The smallest absolute Gasteiger partial charge is 0.343 e. The molecule has 0 saturated heterocycles. The van der Waals surface area contributed by atoms with Crippen molar-refractivity contribution in [2.24, 2.45) is 0 Å². The lowest BCUT2D eigenvalue weighted by atomic mass is 10.1. The van der Waals surface area contributed by atoms with Crippen LogP contribution in [0.3, 0.4) is 0 Å². The predicted molar refractivity (Wildman–Crippen MR) is 72.1 cm³/mol. The first kappa shape index (κ1) is 14.5. The minimum absolute atomic E-state index is 0.128. The normalized spacial score (nSPS) is 12.3. The first-order valence-corrected chi connectivity index (χ1v) is 6.57. The summed E-state index contributed by atoms with van der Waals surface area (Å²) in [6, 6.07) is 3.62. The molecule has 0 bridgehead atoms. The van der Waals surface area contributed by atoms with Crippen molar-refractivity contribution in [3.8, 4) is 17.2 Å². The van der Waals surface area contributed by atoms with Gasteiger partial charge in [0.2, 0.25) is 6.79 Å². The Labute approximate surface area is 118 Å². The van der Waals surface area contributed by atoms with E-state index in [1.807, 2.05) is 6.07 Å². The third-order valence-electron chi connectivity index (χ3n) is 2.87. The van der Waals surface area contributed by atoms with Crippen LogP contribution in [0, 0.1) is 0 Å². The van der Waals surface area contributed by atoms with Crippen LogP contribution < -0.4 is 19.5 Å². The van der Waals surface area contributed by atoms with Gasteiger partial charge in [-0.1, -0.05) is 6.92 Å². The van der Waals surface area contributed by atoms with Gasteiger partial charge in [0.25, 0.3) is 0 Å². The SMILES string of the molecule is CCCNCc1cc2c(cc1OCC(=O)OC)OCO2. The van der Waals surface area contributed by atoms with Gasteiger partial charge in [0.1, 0.15) is 5.75 Å². The van der Waals surface area contributed by atoms with E-state index in [4.69, 9.17) is 14.2 Å². The van der Waals surface area contributed by atoms with E-state index in [0.29, 0.717) is 23.8 Å². The highest BCUT2D eigenvalue weighted by atomic mass is 16.7. The van der Waals surface area contributed by atoms with Gasteiger partial charge in [0, 0.05) is 18.2 Å². The lowest BCUT2D eigenvalue weighted by molar-refractivity contribution is -0.142. The van der Waals surface area contributed by atoms with Gasteiger partial charge in [-0.3, -0.25) is 0 Å². The molecule has 0 atom stereocenters. The van der Waals surface area contributed by atoms with Crippen LogP contribution in [0.2, 0.25) is 0 Å². The number of nitrogens with one attached hydrogen (secondary N) is 1. The van der Waals surface area contributed by atoms with E-state index in [1.54, 1.807) is 6.07 Å². The standard InChI is InChI=1S/C14H19NO5/c1-3-4-15-7-10-5-12-13(20-9-19-12)6-11(10)18-8-14(16)17-2/h5-6,15H,3-4,7-9H2,1-2H3. The number of ether oxygens (including phenoxy) is 4. The van der Waals surface area contributed by atoms with E-state index in [9.17, 15) is 4.79 Å². The molecule has 1 aromatic rings. The molecule has 0 fully saturated rings. The fourth-order valence-electron chi connectivity index (χ4n) is 1.83. The second-order valence-electron chi connectivity index (χ2n) is 4.35. The molecule has 1 heterocycles. The Hall–Kier alpha value is -1.95. The lowest BCUT2D eigenvalue weighted by Gasteiger charge is -2.12. The second-order valence-corrected chi connectivity index (χ2v) is 4.35. The number of rotatable bonds is 7. The van der Waals surface area contributed by atoms with E-state index in [1.165, 1.54) is 7.11 Å². The second kappa shape index (κ2) is 7.00. The molecule has 1 aliphatic heterocycles. The molecule has 1 aliphatic rings. The molecule has 0 unspecified atom stereocenters. The van der Waals surface area contributed by atoms with Crippen LogP contribution >= 0.6 is 0 Å². The van der Waals surface area contributed by atoms with E-state index in [2.05, 4.69) is 17.0 Å². The monoisotopic (exact) mass is 281 g/mol. The number of carbonyl (C=O) groups excluding carboxylic acids is 1. The van der Waals surface area contributed by atoms with Gasteiger partial charge in [0.15, 0.2) is 18.1 Å². The van der Waals surface area contributed by atoms with Crippen LogP contribution in [-0.2, 0) is 16.1 Å². The van der Waals surface area contributed by atoms with Crippen molar-refractivity contribution in [3.05, 3.63) is 17.7 Å². The van der Waals surface area contributed by atoms with E-state index < -0.39 is 5.97 Å². The first-order chi connectivity index (χ1) is 9.74. The Kier molecular flexibility index (Phi) is 5.06. The fraction of sp³-hybridized carbons (Fsp3) is 0.500. The Bertz CT molecular complexity index is 475. The van der Waals surface area contributed by atoms with Crippen LogP contribution in [0.5, 0.6) is 17.2 Å². The number of hydrogen-bond acceptors (Lipinski definition) is 6. The summed E-state index contributed by atoms with van der Waals surface area (Å²) in [5, 5.41) is 3.29. The Morgan fingerprint density at radius 3 is 2.80 bits per heavy atom. The zero-order chi connectivity index (χ0) is 14.4. The van der Waals surface area contributed by atoms with Crippen LogP contribution in [0.15, 0.2) is 12.1 Å². The highest BCUT2D eigenvalue weighted by molar-refractivity contribution is 5.71. The van der Waals surface area contributed by atoms with Crippen LogP contribution in [0.4, 0.5) is 0 Å². The van der Waals surface area contributed by atoms with Crippen molar-refractivity contribution >= 4 is 5.97 Å². The highest BCUT2D eigenvalue weighted by Crippen LogP contribution is 2.38. The summed E-state index contributed by atoms with van der Waals surface area (Å²) in [5.41, 5.74) is 0.923. The molecule has 0 spiro atoms. The Balaban J connectivity index is 2.11. The largest absolute Gasteiger partial charge is 0.481 e. The molecular weight excluding hydrogens is 262 g/mol. The summed E-state index contributed by atoms with van der Waals surface area (Å²) in [4.78, 5) is 11.2. The van der Waals surface area contributed by atoms with Crippen LogP contribution in [0.1, 0.15) is 18.9 Å². The van der Waals surface area contributed by atoms with Gasteiger partial charge >= 0.3 is 5.97 Å². The minimum atomic E-state index is -0.421.